The molecule has 0 radical (unpaired) electrons. The van der Waals surface area contributed by atoms with Gasteiger partial charge >= 0.3 is 12.2 Å². The van der Waals surface area contributed by atoms with Gasteiger partial charge in [0, 0.05) is 0 Å². The Morgan fingerprint density at radius 2 is 2.04 bits per heavy atom. The van der Waals surface area contributed by atoms with Gasteiger partial charge in [-0.15, -0.1) is 0 Å². The molecule has 0 saturated heterocycles. The van der Waals surface area contributed by atoms with E-state index in [1.807, 2.05) is 18.2 Å². The van der Waals surface area contributed by atoms with Gasteiger partial charge in [-0.05, 0) is 18.6 Å². The highest BCUT2D eigenvalue weighted by Crippen LogP contribution is 2.09. The molecule has 7 nitrogen and oxygen atoms in total. The highest BCUT2D eigenvalue weighted by atomic mass is 16.5. The molecule has 0 unspecified atom stereocenters. The molecule has 0 fully saturated rings. The minimum absolute atomic E-state index is 0.0719. The molecular formula is C16H18N2O5. The lowest BCUT2D eigenvalue weighted by atomic mass is 10.2. The number of nitrogens with one attached hydrogen (secondary N) is 1. The molecule has 2 rings (SSSR count). The van der Waals surface area contributed by atoms with E-state index in [4.69, 9.17) is 9.84 Å². The molecular weight excluding hydrogens is 300 g/mol. The van der Waals surface area contributed by atoms with E-state index in [9.17, 15) is 14.4 Å². The fourth-order valence-corrected chi connectivity index (χ4v) is 2.18. The molecule has 122 valence electrons. The lowest BCUT2D eigenvalue weighted by Crippen LogP contribution is -2.49. The van der Waals surface area contributed by atoms with E-state index in [1.54, 1.807) is 19.1 Å². The molecule has 0 aliphatic carbocycles. The Morgan fingerprint density at radius 1 is 1.35 bits per heavy atom. The van der Waals surface area contributed by atoms with E-state index in [2.05, 4.69) is 5.32 Å². The van der Waals surface area contributed by atoms with Crippen LogP contribution in [0.3, 0.4) is 0 Å². The van der Waals surface area contributed by atoms with Gasteiger partial charge in [-0.2, -0.15) is 0 Å². The zero-order valence-corrected chi connectivity index (χ0v) is 12.6. The first-order chi connectivity index (χ1) is 11.0. The maximum atomic E-state index is 12.0. The van der Waals surface area contributed by atoms with E-state index < -0.39 is 24.3 Å². The van der Waals surface area contributed by atoms with Crippen LogP contribution in [0.2, 0.25) is 0 Å². The minimum atomic E-state index is -1.15. The first kappa shape index (κ1) is 16.5. The molecule has 1 heterocycles. The van der Waals surface area contributed by atoms with E-state index in [0.29, 0.717) is 0 Å². The maximum absolute atomic E-state index is 12.0. The Hall–Kier alpha value is -2.83. The average molecular weight is 318 g/mol. The van der Waals surface area contributed by atoms with Crippen LogP contribution in [0.15, 0.2) is 42.5 Å². The van der Waals surface area contributed by atoms with Gasteiger partial charge in [0.05, 0.1) is 12.6 Å². The lowest BCUT2D eigenvalue weighted by Gasteiger charge is -2.25. The topological polar surface area (TPSA) is 95.9 Å². The summed E-state index contributed by atoms with van der Waals surface area (Å²) in [4.78, 5) is 36.1. The van der Waals surface area contributed by atoms with Crippen molar-refractivity contribution < 1.29 is 24.2 Å². The molecule has 7 heteroatoms. The lowest BCUT2D eigenvalue weighted by molar-refractivity contribution is -0.116. The van der Waals surface area contributed by atoms with Crippen LogP contribution in [0.5, 0.6) is 0 Å². The zero-order valence-electron chi connectivity index (χ0n) is 12.6. The van der Waals surface area contributed by atoms with Crippen LogP contribution >= 0.6 is 0 Å². The number of carboxylic acid groups (broad SMARTS) is 1. The number of nitrogens with zero attached hydrogens (tertiary/aromatic N) is 1. The number of rotatable bonds is 3. The van der Waals surface area contributed by atoms with Crippen molar-refractivity contribution in [1.82, 2.24) is 10.2 Å². The van der Waals surface area contributed by atoms with Gasteiger partial charge in [0.25, 0.3) is 0 Å². The van der Waals surface area contributed by atoms with E-state index in [-0.39, 0.29) is 18.9 Å². The highest BCUT2D eigenvalue weighted by molar-refractivity contribution is 5.97. The molecule has 2 atom stereocenters. The van der Waals surface area contributed by atoms with Crippen LogP contribution in [0.4, 0.5) is 9.59 Å². The number of hydrogen-bond donors (Lipinski definition) is 2. The van der Waals surface area contributed by atoms with E-state index in [0.717, 1.165) is 10.5 Å². The third kappa shape index (κ3) is 4.57. The Morgan fingerprint density at radius 3 is 2.70 bits per heavy atom. The largest absolute Gasteiger partial charge is 0.465 e. The summed E-state index contributed by atoms with van der Waals surface area (Å²) in [6.45, 7) is 1.61. The molecule has 23 heavy (non-hydrogen) atoms. The van der Waals surface area contributed by atoms with Gasteiger partial charge in [0.2, 0.25) is 0 Å². The van der Waals surface area contributed by atoms with Crippen molar-refractivity contribution in [3.8, 4) is 0 Å². The normalized spacial score (nSPS) is 20.7. The molecule has 1 aliphatic heterocycles. The Labute approximate surface area is 133 Å². The molecule has 2 amide bonds. The van der Waals surface area contributed by atoms with Crippen LogP contribution < -0.4 is 5.32 Å². The smallest absolute Gasteiger partial charge is 0.408 e. The van der Waals surface area contributed by atoms with Gasteiger partial charge < -0.3 is 15.2 Å². The summed E-state index contributed by atoms with van der Waals surface area (Å²) < 4.78 is 5.05. The number of alkyl carbamates (subject to hydrolysis) is 1. The van der Waals surface area contributed by atoms with Gasteiger partial charge in [-0.1, -0.05) is 36.4 Å². The number of carbonyl (C=O) groups excluding carboxylic acids is 2. The summed E-state index contributed by atoms with van der Waals surface area (Å²) in [5.74, 6) is -0.364. The van der Waals surface area contributed by atoms with Gasteiger partial charge in [0.1, 0.15) is 12.6 Å². The van der Waals surface area contributed by atoms with Crippen molar-refractivity contribution in [3.63, 3.8) is 0 Å². The monoisotopic (exact) mass is 318 g/mol. The number of benzene rings is 1. The predicted octanol–water partition coefficient (Wildman–Crippen LogP) is 1.79. The van der Waals surface area contributed by atoms with Crippen molar-refractivity contribution in [2.24, 2.45) is 0 Å². The van der Waals surface area contributed by atoms with Crippen LogP contribution in [0.1, 0.15) is 12.5 Å². The van der Waals surface area contributed by atoms with Gasteiger partial charge in [-0.3, -0.25) is 9.69 Å². The highest BCUT2D eigenvalue weighted by Gasteiger charge is 2.29. The van der Waals surface area contributed by atoms with Crippen LogP contribution in [0, 0.1) is 0 Å². The van der Waals surface area contributed by atoms with Crippen molar-refractivity contribution in [1.29, 1.82) is 0 Å². The molecule has 1 aliphatic rings. The summed E-state index contributed by atoms with van der Waals surface area (Å²) in [5.41, 5.74) is 0.815. The number of ketones is 1. The SMILES string of the molecule is C[C@H]1C=CC(=O)[C@H](NC(=O)OCc2ccccc2)CN1C(=O)O. The van der Waals surface area contributed by atoms with Crippen molar-refractivity contribution in [2.45, 2.75) is 25.6 Å². The maximum Gasteiger partial charge on any atom is 0.408 e. The van der Waals surface area contributed by atoms with Crippen molar-refractivity contribution in [2.75, 3.05) is 6.54 Å². The van der Waals surface area contributed by atoms with Gasteiger partial charge in [-0.25, -0.2) is 9.59 Å². The predicted molar refractivity (Wildman–Crippen MR) is 81.9 cm³/mol. The van der Waals surface area contributed by atoms with Crippen LogP contribution in [-0.2, 0) is 16.1 Å². The summed E-state index contributed by atoms with van der Waals surface area (Å²) in [5, 5.41) is 11.6. The van der Waals surface area contributed by atoms with Crippen molar-refractivity contribution >= 4 is 18.0 Å². The first-order valence-electron chi connectivity index (χ1n) is 7.16. The van der Waals surface area contributed by atoms with E-state index in [1.165, 1.54) is 12.2 Å². The van der Waals surface area contributed by atoms with Gasteiger partial charge in [0.15, 0.2) is 5.78 Å². The number of amides is 2. The van der Waals surface area contributed by atoms with Crippen LogP contribution in [-0.4, -0.2) is 46.6 Å². The summed E-state index contributed by atoms with van der Waals surface area (Å²) in [7, 11) is 0. The third-order valence-electron chi connectivity index (χ3n) is 3.50. The quantitative estimate of drug-likeness (QED) is 0.886. The Kier molecular flexibility index (Phi) is 5.35. The molecule has 1 aromatic carbocycles. The Bertz CT molecular complexity index is 614. The second kappa shape index (κ2) is 7.44. The molecule has 0 aromatic heterocycles. The number of ether oxygens (including phenoxy) is 1. The minimum Gasteiger partial charge on any atom is -0.465 e. The number of hydrogen-bond acceptors (Lipinski definition) is 4. The Balaban J connectivity index is 1.94. The average Bonchev–Trinajstić information content (AvgIpc) is 2.67. The molecule has 2 N–H and O–H groups in total. The fraction of sp³-hybridized carbons (Fsp3) is 0.312. The third-order valence-corrected chi connectivity index (χ3v) is 3.50. The van der Waals surface area contributed by atoms with Crippen LogP contribution in [0.25, 0.3) is 0 Å². The molecule has 0 bridgehead atoms. The zero-order chi connectivity index (χ0) is 16.8. The van der Waals surface area contributed by atoms with Crippen molar-refractivity contribution in [3.05, 3.63) is 48.0 Å². The fourth-order valence-electron chi connectivity index (χ4n) is 2.18. The standard InChI is InChI=1S/C16H18N2O5/c1-11-7-8-14(19)13(9-18(11)16(21)22)17-15(20)23-10-12-5-3-2-4-6-12/h2-8,11,13H,9-10H2,1H3,(H,17,20)(H,21,22)/t11-,13+/m0/s1. The molecule has 0 spiro atoms. The molecule has 0 saturated carbocycles. The first-order valence-corrected chi connectivity index (χ1v) is 7.16. The molecule has 1 aromatic rings. The summed E-state index contributed by atoms with van der Waals surface area (Å²) in [6.07, 6.45) is 0.866. The van der Waals surface area contributed by atoms with E-state index >= 15 is 0 Å². The second-order valence-electron chi connectivity index (χ2n) is 5.20. The summed E-state index contributed by atoms with van der Waals surface area (Å²) >= 11 is 0. The summed E-state index contributed by atoms with van der Waals surface area (Å²) in [6, 6.07) is 7.70. The number of carbonyl (C=O) groups is 3. The second-order valence-corrected chi connectivity index (χ2v) is 5.20.